The molecule has 2 aliphatic rings. The standard InChI is InChI=1S/C31H38N6O5/c1-18(2)27-28(32-14-21-16-41-23-9-7-8-10-24(23)42-21)33-15-22(35-27)29(38)37-12-11-36(17-31(37,5)6)25-13-19(3)26(30(39)40)20(4)34-25/h7-10,13,15,18,21H,11-12,14,16-17H2,1-6H3,(H,32,33)(H,39,40). The number of piperazine rings is 1. The van der Waals surface area contributed by atoms with Crippen molar-refractivity contribution in [2.45, 2.75) is 59.1 Å². The maximum absolute atomic E-state index is 13.8. The first-order chi connectivity index (χ1) is 19.9. The van der Waals surface area contributed by atoms with Gasteiger partial charge in [-0.25, -0.2) is 19.7 Å². The van der Waals surface area contributed by atoms with E-state index in [1.54, 1.807) is 19.9 Å². The SMILES string of the molecule is Cc1cc(N2CCN(C(=O)c3cnc(NCC4COc5ccccc5O4)c(C(C)C)n3)C(C)(C)C2)nc(C)c1C(=O)O. The Balaban J connectivity index is 1.28. The number of nitrogens with zero attached hydrogens (tertiary/aromatic N) is 5. The summed E-state index contributed by atoms with van der Waals surface area (Å²) in [5.41, 5.74) is 1.85. The van der Waals surface area contributed by atoms with Crippen molar-refractivity contribution in [1.29, 1.82) is 0 Å². The molecule has 5 rings (SSSR count). The highest BCUT2D eigenvalue weighted by Crippen LogP contribution is 2.32. The summed E-state index contributed by atoms with van der Waals surface area (Å²) in [7, 11) is 0. The molecule has 0 aliphatic carbocycles. The summed E-state index contributed by atoms with van der Waals surface area (Å²) in [6.45, 7) is 14.0. The molecule has 11 nitrogen and oxygen atoms in total. The summed E-state index contributed by atoms with van der Waals surface area (Å²) in [6, 6.07) is 9.40. The van der Waals surface area contributed by atoms with E-state index >= 15 is 0 Å². The number of nitrogens with one attached hydrogen (secondary N) is 1. The summed E-state index contributed by atoms with van der Waals surface area (Å²) in [6.07, 6.45) is 1.34. The lowest BCUT2D eigenvalue weighted by Crippen LogP contribution is -2.61. The number of carbonyl (C=O) groups is 2. The lowest BCUT2D eigenvalue weighted by molar-refractivity contribution is 0.0506. The van der Waals surface area contributed by atoms with E-state index in [4.69, 9.17) is 14.5 Å². The second-order valence-electron chi connectivity index (χ2n) is 11.8. The van der Waals surface area contributed by atoms with Crippen LogP contribution in [-0.2, 0) is 0 Å². The first-order valence-electron chi connectivity index (χ1n) is 14.2. The van der Waals surface area contributed by atoms with Crippen LogP contribution in [0.3, 0.4) is 0 Å². The number of aryl methyl sites for hydroxylation is 2. The van der Waals surface area contributed by atoms with E-state index in [0.29, 0.717) is 72.8 Å². The van der Waals surface area contributed by atoms with Gasteiger partial charge in [-0.2, -0.15) is 0 Å². The lowest BCUT2D eigenvalue weighted by Gasteiger charge is -2.47. The van der Waals surface area contributed by atoms with Gasteiger partial charge in [0.15, 0.2) is 11.5 Å². The monoisotopic (exact) mass is 574 g/mol. The van der Waals surface area contributed by atoms with Gasteiger partial charge in [-0.05, 0) is 57.4 Å². The van der Waals surface area contributed by atoms with E-state index in [0.717, 1.165) is 5.75 Å². The van der Waals surface area contributed by atoms with Crippen LogP contribution in [0.25, 0.3) is 0 Å². The molecule has 1 aromatic carbocycles. The van der Waals surface area contributed by atoms with Crippen molar-refractivity contribution in [3.05, 3.63) is 64.7 Å². The molecule has 222 valence electrons. The number of carbonyl (C=O) groups excluding carboxylic acids is 1. The molecule has 0 saturated carbocycles. The molecule has 1 unspecified atom stereocenters. The molecule has 4 heterocycles. The third-order valence-electron chi connectivity index (χ3n) is 7.70. The van der Waals surface area contributed by atoms with Gasteiger partial charge in [0.2, 0.25) is 0 Å². The number of carboxylic acid groups (broad SMARTS) is 1. The van der Waals surface area contributed by atoms with Gasteiger partial charge in [-0.3, -0.25) is 4.79 Å². The van der Waals surface area contributed by atoms with Crippen molar-refractivity contribution < 1.29 is 24.2 Å². The molecule has 2 aromatic heterocycles. The molecule has 0 bridgehead atoms. The van der Waals surface area contributed by atoms with Gasteiger partial charge >= 0.3 is 5.97 Å². The first kappa shape index (κ1) is 29.1. The van der Waals surface area contributed by atoms with Gasteiger partial charge in [0.25, 0.3) is 5.91 Å². The fourth-order valence-electron chi connectivity index (χ4n) is 5.58. The average molecular weight is 575 g/mol. The van der Waals surface area contributed by atoms with Gasteiger partial charge in [-0.1, -0.05) is 26.0 Å². The van der Waals surface area contributed by atoms with Crippen LogP contribution in [0.2, 0.25) is 0 Å². The minimum atomic E-state index is -0.981. The van der Waals surface area contributed by atoms with Crippen LogP contribution in [0.5, 0.6) is 11.5 Å². The number of aromatic carboxylic acids is 1. The van der Waals surface area contributed by atoms with Crippen molar-refractivity contribution in [2.24, 2.45) is 0 Å². The number of para-hydroxylation sites is 2. The number of aromatic nitrogens is 3. The van der Waals surface area contributed by atoms with E-state index in [9.17, 15) is 14.7 Å². The van der Waals surface area contributed by atoms with Crippen molar-refractivity contribution >= 4 is 23.5 Å². The van der Waals surface area contributed by atoms with Crippen molar-refractivity contribution in [2.75, 3.05) is 43.0 Å². The van der Waals surface area contributed by atoms with Gasteiger partial charge in [-0.15, -0.1) is 0 Å². The molecule has 11 heteroatoms. The van der Waals surface area contributed by atoms with Crippen molar-refractivity contribution in [3.63, 3.8) is 0 Å². The van der Waals surface area contributed by atoms with Crippen LogP contribution < -0.4 is 19.7 Å². The average Bonchev–Trinajstić information content (AvgIpc) is 2.94. The Morgan fingerprint density at radius 2 is 1.88 bits per heavy atom. The number of fused-ring (bicyclic) bond motifs is 1. The molecule has 2 N–H and O–H groups in total. The molecule has 0 radical (unpaired) electrons. The third-order valence-corrected chi connectivity index (χ3v) is 7.70. The summed E-state index contributed by atoms with van der Waals surface area (Å²) in [4.78, 5) is 43.2. The van der Waals surface area contributed by atoms with E-state index in [1.807, 2.05) is 56.9 Å². The maximum Gasteiger partial charge on any atom is 0.337 e. The van der Waals surface area contributed by atoms with Crippen LogP contribution >= 0.6 is 0 Å². The predicted molar refractivity (Wildman–Crippen MR) is 159 cm³/mol. The van der Waals surface area contributed by atoms with Gasteiger partial charge in [0.05, 0.1) is 35.2 Å². The second-order valence-corrected chi connectivity index (χ2v) is 11.8. The van der Waals surface area contributed by atoms with Crippen LogP contribution in [0.15, 0.2) is 36.5 Å². The fraction of sp³-hybridized carbons (Fsp3) is 0.452. The van der Waals surface area contributed by atoms with Gasteiger partial charge in [0.1, 0.15) is 30.0 Å². The van der Waals surface area contributed by atoms with Crippen LogP contribution in [-0.4, -0.2) is 81.3 Å². The predicted octanol–water partition coefficient (Wildman–Crippen LogP) is 4.30. The Morgan fingerprint density at radius 1 is 1.14 bits per heavy atom. The molecule has 1 fully saturated rings. The molecule has 2 aliphatic heterocycles. The number of benzene rings is 1. The minimum absolute atomic E-state index is 0.0354. The van der Waals surface area contributed by atoms with E-state index in [-0.39, 0.29) is 23.5 Å². The highest BCUT2D eigenvalue weighted by Gasteiger charge is 2.38. The van der Waals surface area contributed by atoms with Crippen molar-refractivity contribution in [1.82, 2.24) is 19.9 Å². The van der Waals surface area contributed by atoms with Crippen LogP contribution in [0.1, 0.15) is 71.4 Å². The maximum atomic E-state index is 13.8. The molecule has 3 aromatic rings. The van der Waals surface area contributed by atoms with Gasteiger partial charge in [0, 0.05) is 19.6 Å². The molecule has 42 heavy (non-hydrogen) atoms. The number of carboxylic acids is 1. The zero-order valence-electron chi connectivity index (χ0n) is 25.0. The van der Waals surface area contributed by atoms with Crippen molar-refractivity contribution in [3.8, 4) is 11.5 Å². The number of hydrogen-bond donors (Lipinski definition) is 2. The molecule has 1 saturated heterocycles. The quantitative estimate of drug-likeness (QED) is 0.421. The third kappa shape index (κ3) is 5.81. The fourth-order valence-corrected chi connectivity index (χ4v) is 5.58. The topological polar surface area (TPSA) is 130 Å². The lowest BCUT2D eigenvalue weighted by atomic mass is 9.97. The second kappa shape index (κ2) is 11.5. The number of rotatable bonds is 7. The summed E-state index contributed by atoms with van der Waals surface area (Å²) < 4.78 is 11.9. The number of anilines is 2. The Bertz CT molecular complexity index is 1480. The van der Waals surface area contributed by atoms with E-state index in [2.05, 4.69) is 20.2 Å². The highest BCUT2D eigenvalue weighted by molar-refractivity contribution is 5.93. The number of ether oxygens (including phenoxy) is 2. The summed E-state index contributed by atoms with van der Waals surface area (Å²) >= 11 is 0. The van der Waals surface area contributed by atoms with Crippen LogP contribution in [0.4, 0.5) is 11.6 Å². The largest absolute Gasteiger partial charge is 0.486 e. The minimum Gasteiger partial charge on any atom is -0.486 e. The Hall–Kier alpha value is -4.41. The first-order valence-corrected chi connectivity index (χ1v) is 14.2. The van der Waals surface area contributed by atoms with E-state index < -0.39 is 11.5 Å². The number of pyridine rings is 1. The molecular weight excluding hydrogens is 536 g/mol. The number of hydrogen-bond acceptors (Lipinski definition) is 9. The Kier molecular flexibility index (Phi) is 7.94. The molecule has 1 atom stereocenters. The molecule has 0 spiro atoms. The normalized spacial score (nSPS) is 17.7. The Labute approximate surface area is 245 Å². The zero-order chi connectivity index (χ0) is 30.2. The zero-order valence-corrected chi connectivity index (χ0v) is 25.0. The highest BCUT2D eigenvalue weighted by atomic mass is 16.6. The van der Waals surface area contributed by atoms with E-state index in [1.165, 1.54) is 6.20 Å². The number of amides is 1. The molecule has 1 amide bonds. The Morgan fingerprint density at radius 3 is 2.55 bits per heavy atom. The van der Waals surface area contributed by atoms with Crippen LogP contribution in [0, 0.1) is 13.8 Å². The summed E-state index contributed by atoms with van der Waals surface area (Å²) in [5.74, 6) is 1.66. The van der Waals surface area contributed by atoms with Gasteiger partial charge < -0.3 is 29.7 Å². The summed E-state index contributed by atoms with van der Waals surface area (Å²) in [5, 5.41) is 12.9. The smallest absolute Gasteiger partial charge is 0.337 e. The molecular formula is C31H38N6O5.